The van der Waals surface area contributed by atoms with Gasteiger partial charge in [-0.3, -0.25) is 0 Å². The van der Waals surface area contributed by atoms with Gasteiger partial charge in [-0.1, -0.05) is 29.8 Å². The van der Waals surface area contributed by atoms with Crippen molar-refractivity contribution in [3.63, 3.8) is 0 Å². The van der Waals surface area contributed by atoms with Crippen LogP contribution in [0.5, 0.6) is 5.75 Å². The molecule has 1 aliphatic heterocycles. The van der Waals surface area contributed by atoms with E-state index in [1.54, 1.807) is 0 Å². The number of hydrogen-bond acceptors (Lipinski definition) is 2. The first-order valence-electron chi connectivity index (χ1n) is 7.34. The fourth-order valence-corrected chi connectivity index (χ4v) is 4.08. The van der Waals surface area contributed by atoms with Gasteiger partial charge in [0.2, 0.25) is 0 Å². The molecule has 1 aromatic rings. The second-order valence-electron chi connectivity index (χ2n) is 6.13. The highest BCUT2D eigenvalue weighted by molar-refractivity contribution is 9.10. The lowest BCUT2D eigenvalue weighted by Gasteiger charge is -2.40. The van der Waals surface area contributed by atoms with Crippen molar-refractivity contribution >= 4 is 15.9 Å². The summed E-state index contributed by atoms with van der Waals surface area (Å²) < 4.78 is 7.55. The van der Waals surface area contributed by atoms with Gasteiger partial charge in [-0.05, 0) is 49.9 Å². The summed E-state index contributed by atoms with van der Waals surface area (Å²) in [6.45, 7) is 5.52. The van der Waals surface area contributed by atoms with Crippen LogP contribution in [0.15, 0.2) is 22.7 Å². The van der Waals surface area contributed by atoms with Gasteiger partial charge in [-0.15, -0.1) is 0 Å². The van der Waals surface area contributed by atoms with Crippen molar-refractivity contribution in [2.24, 2.45) is 5.92 Å². The van der Waals surface area contributed by atoms with Crippen molar-refractivity contribution in [2.45, 2.75) is 51.2 Å². The average molecular weight is 324 g/mol. The monoisotopic (exact) mass is 323 g/mol. The first kappa shape index (κ1) is 13.4. The summed E-state index contributed by atoms with van der Waals surface area (Å²) in [5.41, 5.74) is 1.38. The third-order valence-corrected chi connectivity index (χ3v) is 5.01. The van der Waals surface area contributed by atoms with Gasteiger partial charge in [0.1, 0.15) is 11.4 Å². The Morgan fingerprint density at radius 3 is 2.95 bits per heavy atom. The molecule has 1 N–H and O–H groups in total. The van der Waals surface area contributed by atoms with E-state index in [1.807, 2.05) is 0 Å². The lowest BCUT2D eigenvalue weighted by molar-refractivity contribution is 0.0338. The van der Waals surface area contributed by atoms with Gasteiger partial charge in [0.05, 0.1) is 0 Å². The number of benzene rings is 1. The summed E-state index contributed by atoms with van der Waals surface area (Å²) in [4.78, 5) is 0. The number of nitrogens with one attached hydrogen (secondary N) is 1. The summed E-state index contributed by atoms with van der Waals surface area (Å²) in [5.74, 6) is 1.87. The van der Waals surface area contributed by atoms with Crippen LogP contribution in [0, 0.1) is 5.92 Å². The first-order valence-corrected chi connectivity index (χ1v) is 8.13. The normalized spacial score (nSPS) is 33.2. The van der Waals surface area contributed by atoms with E-state index in [1.165, 1.54) is 24.8 Å². The van der Waals surface area contributed by atoms with Crippen molar-refractivity contribution in [3.05, 3.63) is 28.2 Å². The molecule has 1 spiro atoms. The highest BCUT2D eigenvalue weighted by Gasteiger charge is 2.45. The minimum atomic E-state index is 0.0765. The lowest BCUT2D eigenvalue weighted by Crippen LogP contribution is -2.42. The van der Waals surface area contributed by atoms with Crippen molar-refractivity contribution in [3.8, 4) is 5.75 Å². The van der Waals surface area contributed by atoms with Gasteiger partial charge >= 0.3 is 0 Å². The fourth-order valence-electron chi connectivity index (χ4n) is 3.70. The minimum Gasteiger partial charge on any atom is -0.487 e. The fraction of sp³-hybridized carbons (Fsp3) is 0.625. The van der Waals surface area contributed by atoms with Gasteiger partial charge in [0.15, 0.2) is 0 Å². The Morgan fingerprint density at radius 1 is 1.42 bits per heavy atom. The zero-order valence-electron chi connectivity index (χ0n) is 11.7. The maximum Gasteiger partial charge on any atom is 0.125 e. The van der Waals surface area contributed by atoms with E-state index in [-0.39, 0.29) is 5.60 Å². The third kappa shape index (κ3) is 2.55. The zero-order chi connectivity index (χ0) is 13.5. The van der Waals surface area contributed by atoms with Crippen LogP contribution in [0.25, 0.3) is 0 Å². The van der Waals surface area contributed by atoms with Gasteiger partial charge in [-0.25, -0.2) is 0 Å². The molecule has 0 radical (unpaired) electrons. The second kappa shape index (κ2) is 5.10. The molecule has 2 aliphatic rings. The quantitative estimate of drug-likeness (QED) is 0.868. The van der Waals surface area contributed by atoms with Gasteiger partial charge in [0, 0.05) is 22.5 Å². The summed E-state index contributed by atoms with van der Waals surface area (Å²) in [5, 5.41) is 3.63. The molecule has 1 fully saturated rings. The Labute approximate surface area is 124 Å². The van der Waals surface area contributed by atoms with Crippen LogP contribution in [-0.4, -0.2) is 12.1 Å². The maximum absolute atomic E-state index is 6.42. The number of rotatable bonds is 2. The molecule has 1 saturated carbocycles. The molecule has 104 valence electrons. The van der Waals surface area contributed by atoms with Gasteiger partial charge in [-0.2, -0.15) is 0 Å². The smallest absolute Gasteiger partial charge is 0.125 e. The van der Waals surface area contributed by atoms with Crippen molar-refractivity contribution < 1.29 is 4.74 Å². The molecule has 0 bridgehead atoms. The molecule has 3 unspecified atom stereocenters. The largest absolute Gasteiger partial charge is 0.487 e. The van der Waals surface area contributed by atoms with Crippen LogP contribution in [-0.2, 0) is 0 Å². The number of ether oxygens (including phenoxy) is 1. The van der Waals surface area contributed by atoms with Crippen molar-refractivity contribution in [1.29, 1.82) is 0 Å². The lowest BCUT2D eigenvalue weighted by atomic mass is 9.85. The van der Waals surface area contributed by atoms with Gasteiger partial charge < -0.3 is 10.1 Å². The number of hydrogen-bond donors (Lipinski definition) is 1. The molecule has 0 saturated heterocycles. The predicted molar refractivity (Wildman–Crippen MR) is 81.6 cm³/mol. The Balaban J connectivity index is 1.95. The Kier molecular flexibility index (Phi) is 3.61. The molecular formula is C16H22BrNO. The molecule has 19 heavy (non-hydrogen) atoms. The number of fused-ring (bicyclic) bond motifs is 1. The Morgan fingerprint density at radius 2 is 2.26 bits per heavy atom. The summed E-state index contributed by atoms with van der Waals surface area (Å²) >= 11 is 3.57. The van der Waals surface area contributed by atoms with Crippen LogP contribution in [0.1, 0.15) is 51.1 Å². The molecule has 1 heterocycles. The third-order valence-electron chi connectivity index (χ3n) is 4.51. The van der Waals surface area contributed by atoms with Crippen LogP contribution < -0.4 is 10.1 Å². The van der Waals surface area contributed by atoms with E-state index in [2.05, 4.69) is 53.3 Å². The van der Waals surface area contributed by atoms with Crippen molar-refractivity contribution in [2.75, 3.05) is 6.54 Å². The topological polar surface area (TPSA) is 21.3 Å². The van der Waals surface area contributed by atoms with Crippen LogP contribution >= 0.6 is 15.9 Å². The summed E-state index contributed by atoms with van der Waals surface area (Å²) in [6.07, 6.45) is 4.80. The maximum atomic E-state index is 6.42. The summed E-state index contributed by atoms with van der Waals surface area (Å²) in [7, 11) is 0. The highest BCUT2D eigenvalue weighted by Crippen LogP contribution is 2.49. The molecule has 2 nitrogen and oxygen atoms in total. The number of halogens is 1. The minimum absolute atomic E-state index is 0.0765. The molecule has 3 atom stereocenters. The van der Waals surface area contributed by atoms with Crippen molar-refractivity contribution in [1.82, 2.24) is 5.32 Å². The van der Waals surface area contributed by atoms with E-state index in [0.717, 1.165) is 29.1 Å². The molecule has 0 aromatic heterocycles. The molecule has 1 aliphatic carbocycles. The molecule has 1 aromatic carbocycles. The van der Waals surface area contributed by atoms with E-state index in [4.69, 9.17) is 4.74 Å². The zero-order valence-corrected chi connectivity index (χ0v) is 13.3. The predicted octanol–water partition coefficient (Wildman–Crippen LogP) is 4.44. The highest BCUT2D eigenvalue weighted by atomic mass is 79.9. The van der Waals surface area contributed by atoms with Crippen LogP contribution in [0.3, 0.4) is 0 Å². The average Bonchev–Trinajstić information content (AvgIpc) is 2.72. The Hall–Kier alpha value is -0.540. The van der Waals surface area contributed by atoms with Crippen LogP contribution in [0.4, 0.5) is 0 Å². The van der Waals surface area contributed by atoms with E-state index in [0.29, 0.717) is 6.04 Å². The Bertz CT molecular complexity index is 476. The van der Waals surface area contributed by atoms with E-state index in [9.17, 15) is 0 Å². The second-order valence-corrected chi connectivity index (χ2v) is 7.05. The van der Waals surface area contributed by atoms with Crippen LogP contribution in [0.2, 0.25) is 0 Å². The van der Waals surface area contributed by atoms with E-state index >= 15 is 0 Å². The SMILES string of the molecule is CCNC1CC2(CCC(C)C2)Oc2ccc(Br)cc21. The summed E-state index contributed by atoms with van der Waals surface area (Å²) in [6, 6.07) is 6.83. The first-order chi connectivity index (χ1) is 9.12. The van der Waals surface area contributed by atoms with E-state index < -0.39 is 0 Å². The molecule has 3 heteroatoms. The molecule has 0 amide bonds. The van der Waals surface area contributed by atoms with Gasteiger partial charge in [0.25, 0.3) is 0 Å². The molecule has 3 rings (SSSR count). The standard InChI is InChI=1S/C16H22BrNO/c1-3-18-14-10-16(7-6-11(2)9-16)19-15-5-4-12(17)8-13(14)15/h4-5,8,11,14,18H,3,6-7,9-10H2,1-2H3. The molecular weight excluding hydrogens is 302 g/mol.